The Labute approximate surface area is 189 Å². The molecule has 164 valence electrons. The first kappa shape index (κ1) is 21.8. The maximum absolute atomic E-state index is 12.7. The molecule has 0 saturated carbocycles. The van der Waals surface area contributed by atoms with Crippen LogP contribution in [0.5, 0.6) is 0 Å². The quantitative estimate of drug-likeness (QED) is 0.590. The Balaban J connectivity index is 1.25. The van der Waals surface area contributed by atoms with Crippen LogP contribution in [0.1, 0.15) is 18.4 Å². The van der Waals surface area contributed by atoms with E-state index in [0.29, 0.717) is 13.1 Å². The fraction of sp³-hybridized carbons (Fsp3) is 0.259. The van der Waals surface area contributed by atoms with E-state index in [-0.39, 0.29) is 17.7 Å². The summed E-state index contributed by atoms with van der Waals surface area (Å²) in [4.78, 5) is 27.3. The number of carbonyl (C=O) groups is 2. The largest absolute Gasteiger partial charge is 0.352 e. The topological polar surface area (TPSA) is 61.4 Å². The van der Waals surface area contributed by atoms with E-state index in [1.54, 1.807) is 0 Å². The Hall–Kier alpha value is -3.44. The molecule has 1 aliphatic rings. The van der Waals surface area contributed by atoms with Crippen molar-refractivity contribution in [2.45, 2.75) is 19.4 Å². The summed E-state index contributed by atoms with van der Waals surface area (Å²) in [6.07, 6.45) is 1.54. The van der Waals surface area contributed by atoms with Crippen LogP contribution in [0.2, 0.25) is 0 Å². The van der Waals surface area contributed by atoms with E-state index >= 15 is 0 Å². The number of hydrogen-bond acceptors (Lipinski definition) is 3. The van der Waals surface area contributed by atoms with Gasteiger partial charge in [0.15, 0.2) is 0 Å². The molecule has 2 amide bonds. The van der Waals surface area contributed by atoms with E-state index in [2.05, 4.69) is 15.5 Å². The predicted molar refractivity (Wildman–Crippen MR) is 128 cm³/mol. The van der Waals surface area contributed by atoms with Crippen LogP contribution >= 0.6 is 0 Å². The Morgan fingerprint density at radius 2 is 1.44 bits per heavy atom. The van der Waals surface area contributed by atoms with Crippen molar-refractivity contribution in [1.82, 2.24) is 10.2 Å². The highest BCUT2D eigenvalue weighted by Gasteiger charge is 2.25. The smallest absolute Gasteiger partial charge is 0.238 e. The minimum atomic E-state index is -0.0274. The first-order valence-corrected chi connectivity index (χ1v) is 11.2. The van der Waals surface area contributed by atoms with Gasteiger partial charge in [-0.1, -0.05) is 78.9 Å². The third-order valence-corrected chi connectivity index (χ3v) is 5.92. The van der Waals surface area contributed by atoms with Crippen LogP contribution in [0.15, 0.2) is 84.9 Å². The van der Waals surface area contributed by atoms with E-state index in [4.69, 9.17) is 0 Å². The zero-order chi connectivity index (χ0) is 22.2. The SMILES string of the molecule is O=C(CN1CCC(C(=O)NCc2ccccc2)CC1)Nc1ccccc1-c1ccccc1. The molecule has 4 rings (SSSR count). The van der Waals surface area contributed by atoms with Gasteiger partial charge in [0.25, 0.3) is 0 Å². The van der Waals surface area contributed by atoms with Crippen LogP contribution in [-0.2, 0) is 16.1 Å². The van der Waals surface area contributed by atoms with Crippen molar-refractivity contribution in [3.63, 3.8) is 0 Å². The van der Waals surface area contributed by atoms with E-state index in [1.807, 2.05) is 84.9 Å². The van der Waals surface area contributed by atoms with Crippen LogP contribution in [0.3, 0.4) is 0 Å². The van der Waals surface area contributed by atoms with Crippen LogP contribution in [0.25, 0.3) is 11.1 Å². The van der Waals surface area contributed by atoms with Gasteiger partial charge in [0, 0.05) is 23.7 Å². The Morgan fingerprint density at radius 1 is 0.812 bits per heavy atom. The van der Waals surface area contributed by atoms with Gasteiger partial charge in [0.05, 0.1) is 6.54 Å². The van der Waals surface area contributed by atoms with Crippen molar-refractivity contribution in [2.75, 3.05) is 25.0 Å². The maximum atomic E-state index is 12.7. The van der Waals surface area contributed by atoms with Crippen LogP contribution in [-0.4, -0.2) is 36.3 Å². The first-order chi connectivity index (χ1) is 15.7. The molecule has 5 heteroatoms. The molecule has 0 aliphatic carbocycles. The molecule has 1 heterocycles. The first-order valence-electron chi connectivity index (χ1n) is 11.2. The highest BCUT2D eigenvalue weighted by atomic mass is 16.2. The molecular weight excluding hydrogens is 398 g/mol. The van der Waals surface area contributed by atoms with Gasteiger partial charge in [0.2, 0.25) is 11.8 Å². The molecule has 0 radical (unpaired) electrons. The number of piperidine rings is 1. The Kier molecular flexibility index (Phi) is 7.31. The summed E-state index contributed by atoms with van der Waals surface area (Å²) in [5.41, 5.74) is 4.01. The minimum absolute atomic E-state index is 0.0110. The average molecular weight is 428 g/mol. The molecule has 0 spiro atoms. The summed E-state index contributed by atoms with van der Waals surface area (Å²) in [5, 5.41) is 6.11. The lowest BCUT2D eigenvalue weighted by atomic mass is 9.96. The second kappa shape index (κ2) is 10.7. The van der Waals surface area contributed by atoms with Crippen molar-refractivity contribution in [1.29, 1.82) is 0 Å². The molecular formula is C27H29N3O2. The van der Waals surface area contributed by atoms with Crippen LogP contribution in [0, 0.1) is 5.92 Å². The Morgan fingerprint density at radius 3 is 2.16 bits per heavy atom. The van der Waals surface area contributed by atoms with Crippen molar-refractivity contribution < 1.29 is 9.59 Å². The molecule has 5 nitrogen and oxygen atoms in total. The van der Waals surface area contributed by atoms with E-state index in [1.165, 1.54) is 0 Å². The lowest BCUT2D eigenvalue weighted by molar-refractivity contribution is -0.126. The van der Waals surface area contributed by atoms with E-state index in [0.717, 1.165) is 48.3 Å². The third kappa shape index (κ3) is 5.83. The van der Waals surface area contributed by atoms with Crippen molar-refractivity contribution in [3.8, 4) is 11.1 Å². The monoisotopic (exact) mass is 427 g/mol. The molecule has 0 atom stereocenters. The zero-order valence-electron chi connectivity index (χ0n) is 18.2. The maximum Gasteiger partial charge on any atom is 0.238 e. The second-order valence-electron chi connectivity index (χ2n) is 8.21. The standard InChI is InChI=1S/C27H29N3O2/c31-26(29-25-14-8-7-13-24(25)22-11-5-2-6-12-22)20-30-17-15-23(16-18-30)27(32)28-19-21-9-3-1-4-10-21/h1-14,23H,15-20H2,(H,28,32)(H,29,31). The molecule has 3 aromatic carbocycles. The van der Waals surface area contributed by atoms with Gasteiger partial charge in [-0.15, -0.1) is 0 Å². The van der Waals surface area contributed by atoms with Crippen molar-refractivity contribution in [3.05, 3.63) is 90.5 Å². The summed E-state index contributed by atoms with van der Waals surface area (Å²) in [7, 11) is 0. The number of amides is 2. The number of hydrogen-bond donors (Lipinski definition) is 2. The van der Waals surface area contributed by atoms with Gasteiger partial charge in [-0.2, -0.15) is 0 Å². The van der Waals surface area contributed by atoms with Gasteiger partial charge >= 0.3 is 0 Å². The molecule has 1 fully saturated rings. The van der Waals surface area contributed by atoms with Crippen LogP contribution in [0.4, 0.5) is 5.69 Å². The number of para-hydroxylation sites is 1. The molecule has 0 aromatic heterocycles. The van der Waals surface area contributed by atoms with Gasteiger partial charge in [0.1, 0.15) is 0 Å². The fourth-order valence-corrected chi connectivity index (χ4v) is 4.14. The number of rotatable bonds is 7. The minimum Gasteiger partial charge on any atom is -0.352 e. The van der Waals surface area contributed by atoms with Crippen molar-refractivity contribution in [2.24, 2.45) is 5.92 Å². The van der Waals surface area contributed by atoms with Gasteiger partial charge in [-0.05, 0) is 43.1 Å². The van der Waals surface area contributed by atoms with Crippen molar-refractivity contribution >= 4 is 17.5 Å². The number of nitrogens with one attached hydrogen (secondary N) is 2. The zero-order valence-corrected chi connectivity index (χ0v) is 18.2. The summed E-state index contributed by atoms with van der Waals surface area (Å²) in [5.74, 6) is 0.0898. The second-order valence-corrected chi connectivity index (χ2v) is 8.21. The normalized spacial score (nSPS) is 14.6. The van der Waals surface area contributed by atoms with Crippen LogP contribution < -0.4 is 10.6 Å². The third-order valence-electron chi connectivity index (χ3n) is 5.92. The Bertz CT molecular complexity index is 1030. The lowest BCUT2D eigenvalue weighted by Gasteiger charge is -2.30. The molecule has 0 bridgehead atoms. The lowest BCUT2D eigenvalue weighted by Crippen LogP contribution is -2.43. The summed E-state index contributed by atoms with van der Waals surface area (Å²) < 4.78 is 0. The molecule has 32 heavy (non-hydrogen) atoms. The highest BCUT2D eigenvalue weighted by Crippen LogP contribution is 2.27. The molecule has 3 aromatic rings. The van der Waals surface area contributed by atoms with Gasteiger partial charge in [-0.3, -0.25) is 14.5 Å². The fourth-order valence-electron chi connectivity index (χ4n) is 4.14. The number of nitrogens with zero attached hydrogens (tertiary/aromatic N) is 1. The number of anilines is 1. The van der Waals surface area contributed by atoms with Gasteiger partial charge < -0.3 is 10.6 Å². The summed E-state index contributed by atoms with van der Waals surface area (Å²) >= 11 is 0. The summed E-state index contributed by atoms with van der Waals surface area (Å²) in [6, 6.07) is 27.9. The molecule has 2 N–H and O–H groups in total. The van der Waals surface area contributed by atoms with E-state index < -0.39 is 0 Å². The number of likely N-dealkylation sites (tertiary alicyclic amines) is 1. The molecule has 1 saturated heterocycles. The van der Waals surface area contributed by atoms with E-state index in [9.17, 15) is 9.59 Å². The summed E-state index contributed by atoms with van der Waals surface area (Å²) in [6.45, 7) is 2.39. The predicted octanol–water partition coefficient (Wildman–Crippen LogP) is 4.32. The molecule has 0 unspecified atom stereocenters. The average Bonchev–Trinajstić information content (AvgIpc) is 2.84. The number of benzene rings is 3. The number of carbonyl (C=O) groups excluding carboxylic acids is 2. The molecule has 1 aliphatic heterocycles. The van der Waals surface area contributed by atoms with Gasteiger partial charge in [-0.25, -0.2) is 0 Å². The highest BCUT2D eigenvalue weighted by molar-refractivity contribution is 5.96.